The standard InChI is InChI=1S/C28H28FN5O2/c29-22-16-30-27(33-26(22)17-4-8-21-18(12-17)15-31-28(21)14-25(28)35)32-23-13-19(34-10-2-1-3-11-34)5-9-24(23)36-20-6-7-20/h4-5,8-9,12-13,16,20,31H,1-3,6-7,10-11,14-15H2,(H,30,32,33). The minimum absolute atomic E-state index is 0.213. The van der Waals surface area contributed by atoms with E-state index < -0.39 is 11.4 Å². The second-order valence-electron chi connectivity index (χ2n) is 10.3. The quantitative estimate of drug-likeness (QED) is 0.518. The Bertz CT molecular complexity index is 1370. The molecule has 8 heteroatoms. The maximum absolute atomic E-state index is 14.9. The van der Waals surface area contributed by atoms with Gasteiger partial charge < -0.3 is 15.0 Å². The van der Waals surface area contributed by atoms with Crippen LogP contribution in [0.1, 0.15) is 49.7 Å². The Kier molecular flexibility index (Phi) is 4.99. The number of anilines is 3. The molecule has 184 valence electrons. The van der Waals surface area contributed by atoms with Crippen molar-refractivity contribution in [3.8, 4) is 17.0 Å². The molecule has 1 spiro atoms. The van der Waals surface area contributed by atoms with Crippen LogP contribution in [0.15, 0.2) is 42.6 Å². The molecule has 1 saturated heterocycles. The van der Waals surface area contributed by atoms with E-state index >= 15 is 0 Å². The first-order valence-corrected chi connectivity index (χ1v) is 12.9. The summed E-state index contributed by atoms with van der Waals surface area (Å²) in [5.74, 6) is 0.802. The van der Waals surface area contributed by atoms with Crippen molar-refractivity contribution >= 4 is 23.1 Å². The summed E-state index contributed by atoms with van der Waals surface area (Å²) in [7, 11) is 0. The van der Waals surface area contributed by atoms with Crippen molar-refractivity contribution in [2.75, 3.05) is 23.3 Å². The van der Waals surface area contributed by atoms with Crippen LogP contribution in [-0.2, 0) is 16.9 Å². The SMILES string of the molecule is O=C1CC12NCc1cc(-c3nc(Nc4cc(N5CCCCC5)ccc4OC4CC4)ncc3F)ccc12. The third kappa shape index (κ3) is 3.80. The van der Waals surface area contributed by atoms with Gasteiger partial charge >= 0.3 is 0 Å². The molecule has 2 N–H and O–H groups in total. The van der Waals surface area contributed by atoms with Crippen molar-refractivity contribution in [1.29, 1.82) is 0 Å². The second-order valence-corrected chi connectivity index (χ2v) is 10.3. The number of halogens is 1. The molecule has 1 atom stereocenters. The lowest BCUT2D eigenvalue weighted by Gasteiger charge is -2.29. The molecule has 36 heavy (non-hydrogen) atoms. The molecule has 2 saturated carbocycles. The number of hydrogen-bond acceptors (Lipinski definition) is 7. The molecule has 4 aliphatic rings. The Morgan fingerprint density at radius 3 is 2.72 bits per heavy atom. The minimum Gasteiger partial charge on any atom is -0.488 e. The molecule has 2 aromatic carbocycles. The van der Waals surface area contributed by atoms with Gasteiger partial charge in [0.25, 0.3) is 0 Å². The molecule has 0 bridgehead atoms. The summed E-state index contributed by atoms with van der Waals surface area (Å²) >= 11 is 0. The largest absolute Gasteiger partial charge is 0.488 e. The molecule has 2 aliphatic heterocycles. The average molecular weight is 486 g/mol. The zero-order valence-electron chi connectivity index (χ0n) is 20.0. The summed E-state index contributed by atoms with van der Waals surface area (Å²) in [6.45, 7) is 2.68. The van der Waals surface area contributed by atoms with Crippen LogP contribution in [0, 0.1) is 5.82 Å². The number of rotatable bonds is 6. The fourth-order valence-corrected chi connectivity index (χ4v) is 5.43. The Labute approximate surface area is 209 Å². The predicted octanol–water partition coefficient (Wildman–Crippen LogP) is 4.83. The lowest BCUT2D eigenvalue weighted by molar-refractivity contribution is -0.111. The molecule has 7 nitrogen and oxygen atoms in total. The van der Waals surface area contributed by atoms with Gasteiger partial charge in [0.15, 0.2) is 11.6 Å². The Hall–Kier alpha value is -3.52. The summed E-state index contributed by atoms with van der Waals surface area (Å²) in [6.07, 6.45) is 7.76. The van der Waals surface area contributed by atoms with Gasteiger partial charge in [0, 0.05) is 37.3 Å². The molecule has 3 fully saturated rings. The van der Waals surface area contributed by atoms with Gasteiger partial charge in [-0.15, -0.1) is 0 Å². The number of carbonyl (C=O) groups excluding carboxylic acids is 1. The van der Waals surface area contributed by atoms with Gasteiger partial charge in [-0.1, -0.05) is 12.1 Å². The average Bonchev–Trinajstić information content (AvgIpc) is 3.81. The minimum atomic E-state index is -0.512. The fourth-order valence-electron chi connectivity index (χ4n) is 5.43. The van der Waals surface area contributed by atoms with Gasteiger partial charge in [-0.2, -0.15) is 0 Å². The molecule has 2 aliphatic carbocycles. The Morgan fingerprint density at radius 2 is 1.94 bits per heavy atom. The van der Waals surface area contributed by atoms with E-state index in [2.05, 4.69) is 37.6 Å². The number of ketones is 1. The van der Waals surface area contributed by atoms with Crippen molar-refractivity contribution in [3.63, 3.8) is 0 Å². The number of piperidine rings is 1. The first-order chi connectivity index (χ1) is 17.6. The highest BCUT2D eigenvalue weighted by Gasteiger charge is 2.58. The topological polar surface area (TPSA) is 79.4 Å². The molecular weight excluding hydrogens is 457 g/mol. The van der Waals surface area contributed by atoms with Gasteiger partial charge in [0.2, 0.25) is 5.95 Å². The number of benzene rings is 2. The molecular formula is C28H28FN5O2. The van der Waals surface area contributed by atoms with Crippen LogP contribution in [0.4, 0.5) is 21.7 Å². The zero-order valence-corrected chi connectivity index (χ0v) is 20.0. The highest BCUT2D eigenvalue weighted by Crippen LogP contribution is 2.47. The maximum atomic E-state index is 14.9. The highest BCUT2D eigenvalue weighted by atomic mass is 19.1. The Balaban J connectivity index is 1.20. The third-order valence-corrected chi connectivity index (χ3v) is 7.69. The van der Waals surface area contributed by atoms with E-state index in [4.69, 9.17) is 4.74 Å². The van der Waals surface area contributed by atoms with Crippen molar-refractivity contribution in [3.05, 3.63) is 59.5 Å². The molecule has 1 unspecified atom stereocenters. The van der Waals surface area contributed by atoms with Crippen LogP contribution < -0.4 is 20.3 Å². The molecule has 1 aromatic heterocycles. The Morgan fingerprint density at radius 1 is 1.11 bits per heavy atom. The second kappa shape index (κ2) is 8.27. The normalized spacial score (nSPS) is 22.6. The summed E-state index contributed by atoms with van der Waals surface area (Å²) < 4.78 is 21.0. The number of nitrogens with one attached hydrogen (secondary N) is 2. The smallest absolute Gasteiger partial charge is 0.228 e. The van der Waals surface area contributed by atoms with Crippen molar-refractivity contribution in [2.45, 2.75) is 56.7 Å². The van der Waals surface area contributed by atoms with E-state index in [9.17, 15) is 9.18 Å². The first kappa shape index (κ1) is 21.7. The van der Waals surface area contributed by atoms with E-state index in [1.165, 1.54) is 25.5 Å². The van der Waals surface area contributed by atoms with Gasteiger partial charge in [-0.3, -0.25) is 10.1 Å². The summed E-state index contributed by atoms with van der Waals surface area (Å²) in [4.78, 5) is 23.1. The van der Waals surface area contributed by atoms with Crippen LogP contribution >= 0.6 is 0 Å². The van der Waals surface area contributed by atoms with Gasteiger partial charge in [-0.25, -0.2) is 14.4 Å². The number of hydrogen-bond donors (Lipinski definition) is 2. The predicted molar refractivity (Wildman–Crippen MR) is 135 cm³/mol. The highest BCUT2D eigenvalue weighted by molar-refractivity contribution is 6.07. The summed E-state index contributed by atoms with van der Waals surface area (Å²) in [5, 5.41) is 6.62. The van der Waals surface area contributed by atoms with E-state index in [1.54, 1.807) is 0 Å². The third-order valence-electron chi connectivity index (χ3n) is 7.69. The van der Waals surface area contributed by atoms with Crippen LogP contribution in [-0.4, -0.2) is 34.9 Å². The molecule has 3 heterocycles. The van der Waals surface area contributed by atoms with Crippen LogP contribution in [0.2, 0.25) is 0 Å². The van der Waals surface area contributed by atoms with Crippen molar-refractivity contribution in [1.82, 2.24) is 15.3 Å². The number of carbonyl (C=O) groups is 1. The van der Waals surface area contributed by atoms with Gasteiger partial charge in [0.1, 0.15) is 17.0 Å². The molecule has 3 aromatic rings. The molecule has 0 amide bonds. The lowest BCUT2D eigenvalue weighted by Crippen LogP contribution is -2.29. The van der Waals surface area contributed by atoms with E-state index in [1.807, 2.05) is 24.3 Å². The van der Waals surface area contributed by atoms with E-state index in [-0.39, 0.29) is 17.6 Å². The van der Waals surface area contributed by atoms with E-state index in [0.717, 1.165) is 54.2 Å². The van der Waals surface area contributed by atoms with Crippen molar-refractivity contribution < 1.29 is 13.9 Å². The number of Topliss-reactive ketones (excluding diaryl/α,β-unsaturated/α-hetero) is 1. The monoisotopic (exact) mass is 485 g/mol. The van der Waals surface area contributed by atoms with Crippen molar-refractivity contribution in [2.24, 2.45) is 0 Å². The number of nitrogens with zero attached hydrogens (tertiary/aromatic N) is 3. The number of fused-ring (bicyclic) bond motifs is 2. The van der Waals surface area contributed by atoms with E-state index in [0.29, 0.717) is 24.5 Å². The van der Waals surface area contributed by atoms with Crippen LogP contribution in [0.3, 0.4) is 0 Å². The molecule has 0 radical (unpaired) electrons. The summed E-state index contributed by atoms with van der Waals surface area (Å²) in [6, 6.07) is 11.9. The lowest BCUT2D eigenvalue weighted by atomic mass is 9.99. The molecule has 7 rings (SSSR count). The number of aromatic nitrogens is 2. The van der Waals surface area contributed by atoms with Gasteiger partial charge in [-0.05, 0) is 67.5 Å². The van der Waals surface area contributed by atoms with Crippen LogP contribution in [0.5, 0.6) is 5.75 Å². The van der Waals surface area contributed by atoms with Gasteiger partial charge in [0.05, 0.1) is 18.0 Å². The first-order valence-electron chi connectivity index (χ1n) is 12.9. The summed E-state index contributed by atoms with van der Waals surface area (Å²) in [5.41, 5.74) is 4.32. The maximum Gasteiger partial charge on any atom is 0.228 e. The zero-order chi connectivity index (χ0) is 24.3. The fraction of sp³-hybridized carbons (Fsp3) is 0.393. The number of ether oxygens (including phenoxy) is 1. The van der Waals surface area contributed by atoms with Crippen LogP contribution in [0.25, 0.3) is 11.3 Å².